The molecule has 2 aromatic carbocycles. The Morgan fingerprint density at radius 1 is 1.03 bits per heavy atom. The van der Waals surface area contributed by atoms with Gasteiger partial charge in [0.25, 0.3) is 11.8 Å². The summed E-state index contributed by atoms with van der Waals surface area (Å²) in [5.41, 5.74) is 1.46. The number of carbonyl (C=O) groups is 2. The highest BCUT2D eigenvalue weighted by Crippen LogP contribution is 2.19. The number of halogens is 2. The van der Waals surface area contributed by atoms with E-state index in [0.717, 1.165) is 19.4 Å². The van der Waals surface area contributed by atoms with Crippen LogP contribution in [-0.2, 0) is 4.74 Å². The van der Waals surface area contributed by atoms with Crippen molar-refractivity contribution in [1.82, 2.24) is 10.6 Å². The van der Waals surface area contributed by atoms with Crippen LogP contribution in [0.5, 0.6) is 0 Å². The van der Waals surface area contributed by atoms with Crippen LogP contribution in [0, 0.1) is 0 Å². The van der Waals surface area contributed by atoms with Crippen molar-refractivity contribution < 1.29 is 14.3 Å². The quantitative estimate of drug-likeness (QED) is 0.598. The topological polar surface area (TPSA) is 79.5 Å². The minimum absolute atomic E-state index is 0.0928. The second-order valence-corrected chi connectivity index (χ2v) is 7.77. The van der Waals surface area contributed by atoms with Gasteiger partial charge < -0.3 is 15.4 Å². The predicted octanol–water partition coefficient (Wildman–Crippen LogP) is 4.03. The Balaban J connectivity index is 1.51. The van der Waals surface area contributed by atoms with E-state index in [1.165, 1.54) is 18.2 Å². The Morgan fingerprint density at radius 2 is 1.72 bits per heavy atom. The number of benzene rings is 2. The summed E-state index contributed by atoms with van der Waals surface area (Å²) in [6.07, 6.45) is 2.09. The maximum Gasteiger partial charge on any atom is 0.257 e. The molecule has 9 heteroatoms. The molecule has 0 spiro atoms. The first-order valence-corrected chi connectivity index (χ1v) is 10.2. The Hall–Kier alpha value is -2.19. The second kappa shape index (κ2) is 10.0. The molecule has 0 aliphatic carbocycles. The second-order valence-electron chi connectivity index (χ2n) is 6.49. The van der Waals surface area contributed by atoms with Crippen LogP contribution in [0.2, 0.25) is 10.0 Å². The van der Waals surface area contributed by atoms with Crippen molar-refractivity contribution in [3.8, 4) is 0 Å². The van der Waals surface area contributed by atoms with Gasteiger partial charge in [0.15, 0.2) is 5.11 Å². The van der Waals surface area contributed by atoms with Crippen molar-refractivity contribution in [3.63, 3.8) is 0 Å². The standard InChI is InChI=1S/C20H19Cl2N3O3S/c21-14-8-13(9-15(22)10-14)19(27)25-20(29)24-16-5-3-12(4-6-16)18(26)23-11-17-2-1-7-28-17/h3-6,8-10,17H,1-2,7,11H2,(H,23,26)(H2,24,25,27,29). The first-order chi connectivity index (χ1) is 13.9. The van der Waals surface area contributed by atoms with Crippen molar-refractivity contribution in [3.05, 3.63) is 63.6 Å². The normalized spacial score (nSPS) is 15.6. The zero-order valence-corrected chi connectivity index (χ0v) is 17.7. The minimum atomic E-state index is -0.433. The third kappa shape index (κ3) is 6.40. The maximum absolute atomic E-state index is 12.3. The summed E-state index contributed by atoms with van der Waals surface area (Å²) in [5.74, 6) is -0.599. The molecule has 6 nitrogen and oxygen atoms in total. The molecule has 1 unspecified atom stereocenters. The number of carbonyl (C=O) groups excluding carboxylic acids is 2. The highest BCUT2D eigenvalue weighted by molar-refractivity contribution is 7.80. The van der Waals surface area contributed by atoms with Crippen LogP contribution >= 0.6 is 35.4 Å². The number of hydrogen-bond acceptors (Lipinski definition) is 4. The minimum Gasteiger partial charge on any atom is -0.376 e. The van der Waals surface area contributed by atoms with E-state index in [2.05, 4.69) is 16.0 Å². The summed E-state index contributed by atoms with van der Waals surface area (Å²) in [7, 11) is 0. The molecule has 152 valence electrons. The van der Waals surface area contributed by atoms with E-state index in [4.69, 9.17) is 40.2 Å². The van der Waals surface area contributed by atoms with Gasteiger partial charge in [-0.05, 0) is 67.5 Å². The number of rotatable bonds is 5. The van der Waals surface area contributed by atoms with E-state index in [0.29, 0.717) is 33.4 Å². The lowest BCUT2D eigenvalue weighted by Crippen LogP contribution is -2.34. The molecule has 1 saturated heterocycles. The molecule has 0 aromatic heterocycles. The lowest BCUT2D eigenvalue weighted by atomic mass is 10.2. The third-order valence-electron chi connectivity index (χ3n) is 4.27. The molecule has 1 aliphatic rings. The predicted molar refractivity (Wildman–Crippen MR) is 118 cm³/mol. The van der Waals surface area contributed by atoms with Gasteiger partial charge in [0.2, 0.25) is 0 Å². The van der Waals surface area contributed by atoms with Gasteiger partial charge in [-0.2, -0.15) is 0 Å². The van der Waals surface area contributed by atoms with Gasteiger partial charge in [-0.1, -0.05) is 23.2 Å². The molecular formula is C20H19Cl2N3O3S. The van der Waals surface area contributed by atoms with E-state index in [1.807, 2.05) is 0 Å². The lowest BCUT2D eigenvalue weighted by Gasteiger charge is -2.12. The number of hydrogen-bond donors (Lipinski definition) is 3. The Kier molecular flexibility index (Phi) is 7.44. The van der Waals surface area contributed by atoms with Gasteiger partial charge in [-0.25, -0.2) is 0 Å². The molecule has 1 atom stereocenters. The molecule has 2 amide bonds. The summed E-state index contributed by atoms with van der Waals surface area (Å²) in [6, 6.07) is 11.3. The molecular weight excluding hydrogens is 433 g/mol. The van der Waals surface area contributed by atoms with Gasteiger partial charge in [-0.15, -0.1) is 0 Å². The van der Waals surface area contributed by atoms with Gasteiger partial charge in [0.05, 0.1) is 6.10 Å². The number of ether oxygens (including phenoxy) is 1. The first kappa shape index (κ1) is 21.5. The summed E-state index contributed by atoms with van der Waals surface area (Å²) in [5, 5.41) is 9.15. The molecule has 1 aliphatic heterocycles. The van der Waals surface area contributed by atoms with Crippen LogP contribution in [0.25, 0.3) is 0 Å². The van der Waals surface area contributed by atoms with Crippen LogP contribution < -0.4 is 16.0 Å². The molecule has 2 aromatic rings. The summed E-state index contributed by atoms with van der Waals surface area (Å²) >= 11 is 17.0. The molecule has 0 radical (unpaired) electrons. The Bertz CT molecular complexity index is 895. The fourth-order valence-corrected chi connectivity index (χ4v) is 3.58. The van der Waals surface area contributed by atoms with Crippen LogP contribution in [0.1, 0.15) is 33.6 Å². The van der Waals surface area contributed by atoms with Crippen molar-refractivity contribution in [2.24, 2.45) is 0 Å². The Morgan fingerprint density at radius 3 is 2.34 bits per heavy atom. The van der Waals surface area contributed by atoms with Crippen LogP contribution in [0.4, 0.5) is 5.69 Å². The molecule has 0 bridgehead atoms. The number of anilines is 1. The van der Waals surface area contributed by atoms with Gasteiger partial charge in [-0.3, -0.25) is 14.9 Å². The van der Waals surface area contributed by atoms with Gasteiger partial charge in [0, 0.05) is 40.0 Å². The zero-order valence-electron chi connectivity index (χ0n) is 15.3. The van der Waals surface area contributed by atoms with E-state index >= 15 is 0 Å². The molecule has 29 heavy (non-hydrogen) atoms. The van der Waals surface area contributed by atoms with Crippen molar-refractivity contribution >= 4 is 58.0 Å². The van der Waals surface area contributed by atoms with Crippen molar-refractivity contribution in [2.75, 3.05) is 18.5 Å². The number of amides is 2. The fraction of sp³-hybridized carbons (Fsp3) is 0.250. The molecule has 3 N–H and O–H groups in total. The summed E-state index contributed by atoms with van der Waals surface area (Å²) in [6.45, 7) is 1.25. The Labute approximate surface area is 183 Å². The van der Waals surface area contributed by atoms with E-state index < -0.39 is 5.91 Å². The molecule has 1 fully saturated rings. The maximum atomic E-state index is 12.3. The smallest absolute Gasteiger partial charge is 0.257 e. The molecule has 3 rings (SSSR count). The van der Waals surface area contributed by atoms with Crippen LogP contribution in [-0.4, -0.2) is 36.2 Å². The van der Waals surface area contributed by atoms with E-state index in [1.54, 1.807) is 24.3 Å². The number of nitrogens with one attached hydrogen (secondary N) is 3. The van der Waals surface area contributed by atoms with Crippen LogP contribution in [0.15, 0.2) is 42.5 Å². The number of thiocarbonyl (C=S) groups is 1. The third-order valence-corrected chi connectivity index (χ3v) is 4.91. The lowest BCUT2D eigenvalue weighted by molar-refractivity contribution is 0.0857. The summed E-state index contributed by atoms with van der Waals surface area (Å²) in [4.78, 5) is 24.5. The molecule has 1 heterocycles. The average molecular weight is 452 g/mol. The highest BCUT2D eigenvalue weighted by atomic mass is 35.5. The zero-order chi connectivity index (χ0) is 20.8. The van der Waals surface area contributed by atoms with Crippen LogP contribution in [0.3, 0.4) is 0 Å². The SMILES string of the molecule is O=C(NCC1CCCO1)c1ccc(NC(=S)NC(=O)c2cc(Cl)cc(Cl)c2)cc1. The monoisotopic (exact) mass is 451 g/mol. The molecule has 0 saturated carbocycles. The average Bonchev–Trinajstić information content (AvgIpc) is 3.19. The van der Waals surface area contributed by atoms with Gasteiger partial charge in [0.1, 0.15) is 0 Å². The van der Waals surface area contributed by atoms with E-state index in [-0.39, 0.29) is 17.1 Å². The van der Waals surface area contributed by atoms with E-state index in [9.17, 15) is 9.59 Å². The van der Waals surface area contributed by atoms with Gasteiger partial charge >= 0.3 is 0 Å². The van der Waals surface area contributed by atoms with Crippen molar-refractivity contribution in [2.45, 2.75) is 18.9 Å². The highest BCUT2D eigenvalue weighted by Gasteiger charge is 2.16. The first-order valence-electron chi connectivity index (χ1n) is 8.99. The fourth-order valence-electron chi connectivity index (χ4n) is 2.84. The largest absolute Gasteiger partial charge is 0.376 e. The van der Waals surface area contributed by atoms with Crippen molar-refractivity contribution in [1.29, 1.82) is 0 Å². The summed E-state index contributed by atoms with van der Waals surface area (Å²) < 4.78 is 5.49.